The first-order valence-corrected chi connectivity index (χ1v) is 7.74. The van der Waals surface area contributed by atoms with Crippen molar-refractivity contribution in [2.75, 3.05) is 19.0 Å². The number of rotatable bonds is 3. The summed E-state index contributed by atoms with van der Waals surface area (Å²) in [7, 11) is 1.68. The minimum atomic E-state index is 0.157. The molecule has 1 saturated heterocycles. The number of benzene rings is 1. The molecule has 0 bridgehead atoms. The van der Waals surface area contributed by atoms with E-state index >= 15 is 0 Å². The van der Waals surface area contributed by atoms with E-state index in [1.807, 2.05) is 13.0 Å². The molecule has 110 valence electrons. The minimum Gasteiger partial charge on any atom is -0.495 e. The van der Waals surface area contributed by atoms with Gasteiger partial charge in [-0.05, 0) is 50.7 Å². The van der Waals surface area contributed by atoms with Crippen LogP contribution in [0.25, 0.3) is 0 Å². The molecule has 1 aromatic rings. The Hall–Kier alpha value is -0.930. The fourth-order valence-electron chi connectivity index (χ4n) is 3.24. The van der Waals surface area contributed by atoms with Crippen molar-refractivity contribution in [1.29, 1.82) is 0 Å². The second kappa shape index (κ2) is 5.45. The van der Waals surface area contributed by atoms with Gasteiger partial charge in [0, 0.05) is 23.7 Å². The summed E-state index contributed by atoms with van der Waals surface area (Å²) in [4.78, 5) is 0. The van der Waals surface area contributed by atoms with Gasteiger partial charge in [0.05, 0.1) is 18.4 Å². The van der Waals surface area contributed by atoms with Crippen LogP contribution in [0.15, 0.2) is 12.1 Å². The van der Waals surface area contributed by atoms with E-state index in [4.69, 9.17) is 21.1 Å². The maximum absolute atomic E-state index is 6.16. The van der Waals surface area contributed by atoms with Crippen LogP contribution in [-0.2, 0) is 4.74 Å². The summed E-state index contributed by atoms with van der Waals surface area (Å²) >= 11 is 6.16. The number of halogens is 1. The summed E-state index contributed by atoms with van der Waals surface area (Å²) in [6, 6.07) is 4.42. The summed E-state index contributed by atoms with van der Waals surface area (Å²) in [5.74, 6) is 0.815. The van der Waals surface area contributed by atoms with Crippen LogP contribution in [0.1, 0.15) is 37.7 Å². The highest BCUT2D eigenvalue weighted by Crippen LogP contribution is 2.43. The maximum atomic E-state index is 6.16. The van der Waals surface area contributed by atoms with Gasteiger partial charge in [-0.3, -0.25) is 0 Å². The van der Waals surface area contributed by atoms with Crippen LogP contribution in [-0.4, -0.2) is 25.4 Å². The molecular weight excluding hydrogens is 274 g/mol. The molecule has 1 N–H and O–H groups in total. The van der Waals surface area contributed by atoms with Crippen molar-refractivity contribution in [3.8, 4) is 5.75 Å². The normalized spacial score (nSPS) is 24.2. The molecule has 0 amide bonds. The number of nitrogens with one attached hydrogen (secondary N) is 1. The van der Waals surface area contributed by atoms with Crippen molar-refractivity contribution in [3.05, 3.63) is 22.7 Å². The third-order valence-electron chi connectivity index (χ3n) is 4.60. The molecule has 0 radical (unpaired) electrons. The smallest absolute Gasteiger partial charge is 0.143 e. The van der Waals surface area contributed by atoms with Crippen molar-refractivity contribution in [1.82, 2.24) is 0 Å². The van der Waals surface area contributed by atoms with Crippen molar-refractivity contribution < 1.29 is 9.47 Å². The number of methoxy groups -OCH3 is 1. The molecule has 2 fully saturated rings. The third kappa shape index (κ3) is 2.61. The summed E-state index contributed by atoms with van der Waals surface area (Å²) in [5.41, 5.74) is 2.26. The highest BCUT2D eigenvalue weighted by atomic mass is 35.5. The molecule has 2 aliphatic rings. The zero-order valence-corrected chi connectivity index (χ0v) is 12.9. The van der Waals surface area contributed by atoms with Gasteiger partial charge < -0.3 is 14.8 Å². The predicted molar refractivity (Wildman–Crippen MR) is 81.9 cm³/mol. The summed E-state index contributed by atoms with van der Waals surface area (Å²) in [6.45, 7) is 2.87. The van der Waals surface area contributed by atoms with Crippen molar-refractivity contribution in [2.24, 2.45) is 0 Å². The first kappa shape index (κ1) is 14.0. The van der Waals surface area contributed by atoms with Crippen molar-refractivity contribution >= 4 is 17.3 Å². The molecule has 1 aliphatic heterocycles. The zero-order valence-electron chi connectivity index (χ0n) is 12.2. The van der Waals surface area contributed by atoms with E-state index in [-0.39, 0.29) is 5.60 Å². The van der Waals surface area contributed by atoms with Crippen LogP contribution in [0, 0.1) is 6.92 Å². The molecule has 1 unspecified atom stereocenters. The molecule has 1 atom stereocenters. The molecular formula is C16H22ClNO2. The number of aryl methyl sites for hydroxylation is 1. The van der Waals surface area contributed by atoms with E-state index in [9.17, 15) is 0 Å². The maximum Gasteiger partial charge on any atom is 0.143 e. The molecule has 1 spiro atoms. The summed E-state index contributed by atoms with van der Waals surface area (Å²) in [6.07, 6.45) is 5.87. The van der Waals surface area contributed by atoms with E-state index in [0.717, 1.165) is 41.5 Å². The second-order valence-electron chi connectivity index (χ2n) is 6.02. The van der Waals surface area contributed by atoms with Crippen LogP contribution < -0.4 is 10.1 Å². The van der Waals surface area contributed by atoms with E-state index in [0.29, 0.717) is 6.04 Å². The lowest BCUT2D eigenvalue weighted by Crippen LogP contribution is -2.49. The Kier molecular flexibility index (Phi) is 3.83. The highest BCUT2D eigenvalue weighted by Gasteiger charge is 2.42. The number of hydrogen-bond donors (Lipinski definition) is 1. The molecule has 0 aromatic heterocycles. The fraction of sp³-hybridized carbons (Fsp3) is 0.625. The third-order valence-corrected chi connectivity index (χ3v) is 5.01. The van der Waals surface area contributed by atoms with Gasteiger partial charge in [-0.15, -0.1) is 0 Å². The molecule has 1 aromatic carbocycles. The van der Waals surface area contributed by atoms with Gasteiger partial charge in [0.2, 0.25) is 0 Å². The molecule has 20 heavy (non-hydrogen) atoms. The zero-order chi connectivity index (χ0) is 14.2. The average molecular weight is 296 g/mol. The first-order valence-electron chi connectivity index (χ1n) is 7.36. The minimum absolute atomic E-state index is 0.157. The Morgan fingerprint density at radius 1 is 1.40 bits per heavy atom. The lowest BCUT2D eigenvalue weighted by atomic mass is 9.74. The van der Waals surface area contributed by atoms with Crippen molar-refractivity contribution in [3.63, 3.8) is 0 Å². The lowest BCUT2D eigenvalue weighted by Gasteiger charge is -2.47. The number of anilines is 1. The SMILES string of the molecule is COc1cc(Cl)c(C)cc1NC1CCOC2(CCC2)C1. The summed E-state index contributed by atoms with van der Waals surface area (Å²) < 4.78 is 11.4. The fourth-order valence-corrected chi connectivity index (χ4v) is 3.39. The van der Waals surface area contributed by atoms with Crippen LogP contribution in [0.2, 0.25) is 5.02 Å². The van der Waals surface area contributed by atoms with Crippen molar-refractivity contribution in [2.45, 2.75) is 50.7 Å². The second-order valence-corrected chi connectivity index (χ2v) is 6.43. The average Bonchev–Trinajstić information content (AvgIpc) is 2.41. The Morgan fingerprint density at radius 3 is 2.85 bits per heavy atom. The van der Waals surface area contributed by atoms with Gasteiger partial charge in [-0.1, -0.05) is 11.6 Å². The molecule has 1 heterocycles. The monoisotopic (exact) mass is 295 g/mol. The van der Waals surface area contributed by atoms with Crippen LogP contribution in [0.4, 0.5) is 5.69 Å². The molecule has 1 aliphatic carbocycles. The van der Waals surface area contributed by atoms with Gasteiger partial charge in [0.1, 0.15) is 5.75 Å². The van der Waals surface area contributed by atoms with Gasteiger partial charge in [-0.2, -0.15) is 0 Å². The van der Waals surface area contributed by atoms with Crippen LogP contribution in [0.5, 0.6) is 5.75 Å². The molecule has 4 heteroatoms. The van der Waals surface area contributed by atoms with E-state index < -0.39 is 0 Å². The number of ether oxygens (including phenoxy) is 2. The summed E-state index contributed by atoms with van der Waals surface area (Å²) in [5, 5.41) is 4.37. The van der Waals surface area contributed by atoms with Gasteiger partial charge in [-0.25, -0.2) is 0 Å². The van der Waals surface area contributed by atoms with Gasteiger partial charge >= 0.3 is 0 Å². The topological polar surface area (TPSA) is 30.5 Å². The first-order chi connectivity index (χ1) is 9.62. The van der Waals surface area contributed by atoms with E-state index in [1.54, 1.807) is 7.11 Å². The quantitative estimate of drug-likeness (QED) is 0.908. The molecule has 1 saturated carbocycles. The van der Waals surface area contributed by atoms with Gasteiger partial charge in [0.15, 0.2) is 0 Å². The Bertz CT molecular complexity index is 499. The predicted octanol–water partition coefficient (Wildman–Crippen LogP) is 4.17. The van der Waals surface area contributed by atoms with E-state index in [2.05, 4.69) is 11.4 Å². The highest BCUT2D eigenvalue weighted by molar-refractivity contribution is 6.31. The molecule has 3 nitrogen and oxygen atoms in total. The van der Waals surface area contributed by atoms with Crippen LogP contribution >= 0.6 is 11.6 Å². The standard InChI is InChI=1S/C16H22ClNO2/c1-11-8-14(15(19-2)9-13(11)17)18-12-4-7-20-16(10-12)5-3-6-16/h8-9,12,18H,3-7,10H2,1-2H3. The number of hydrogen-bond acceptors (Lipinski definition) is 3. The largest absolute Gasteiger partial charge is 0.495 e. The lowest BCUT2D eigenvalue weighted by molar-refractivity contribution is -0.130. The molecule has 3 rings (SSSR count). The van der Waals surface area contributed by atoms with Gasteiger partial charge in [0.25, 0.3) is 0 Å². The van der Waals surface area contributed by atoms with E-state index in [1.165, 1.54) is 19.3 Å². The Morgan fingerprint density at radius 2 is 2.20 bits per heavy atom. The van der Waals surface area contributed by atoms with Crippen LogP contribution in [0.3, 0.4) is 0 Å². The Balaban J connectivity index is 1.75. The Labute approximate surface area is 125 Å².